The van der Waals surface area contributed by atoms with Gasteiger partial charge in [-0.2, -0.15) is 5.10 Å². The van der Waals surface area contributed by atoms with E-state index >= 15 is 0 Å². The van der Waals surface area contributed by atoms with Crippen molar-refractivity contribution in [2.45, 2.75) is 0 Å². The average Bonchev–Trinajstić information content (AvgIpc) is 2.13. The molecule has 0 aliphatic heterocycles. The predicted octanol–water partition coefficient (Wildman–Crippen LogP) is 1.71. The molecule has 0 bridgehead atoms. The maximum absolute atomic E-state index is 11.4. The van der Waals surface area contributed by atoms with E-state index in [1.54, 1.807) is 13.2 Å². The Balaban J connectivity index is 2.94. The molecule has 1 aromatic heterocycles. The van der Waals surface area contributed by atoms with Crippen molar-refractivity contribution in [3.63, 3.8) is 0 Å². The maximum atomic E-state index is 11.4. The molecule has 0 aliphatic carbocycles. The highest BCUT2D eigenvalue weighted by Gasteiger charge is 2.05. The monoisotopic (exact) mass is 277 g/mol. The summed E-state index contributed by atoms with van der Waals surface area (Å²) in [6, 6.07) is 0. The van der Waals surface area contributed by atoms with Gasteiger partial charge in [0.15, 0.2) is 0 Å². The largest absolute Gasteiger partial charge is 0.378 e. The van der Waals surface area contributed by atoms with Gasteiger partial charge >= 0.3 is 0 Å². The Labute approximate surface area is 94.7 Å². The minimum atomic E-state index is -0.199. The molecule has 6 heteroatoms. The van der Waals surface area contributed by atoms with E-state index in [1.807, 2.05) is 0 Å². The molecule has 76 valence electrons. The van der Waals surface area contributed by atoms with E-state index in [0.29, 0.717) is 21.7 Å². The summed E-state index contributed by atoms with van der Waals surface area (Å²) in [5.74, 6) is 0. The van der Waals surface area contributed by atoms with Crippen LogP contribution in [0.3, 0.4) is 0 Å². The van der Waals surface area contributed by atoms with E-state index in [9.17, 15) is 4.79 Å². The number of hydrogen-bond donors (Lipinski definition) is 1. The van der Waals surface area contributed by atoms with Crippen molar-refractivity contribution in [1.29, 1.82) is 0 Å². The van der Waals surface area contributed by atoms with E-state index in [-0.39, 0.29) is 5.56 Å². The zero-order valence-corrected chi connectivity index (χ0v) is 9.89. The van der Waals surface area contributed by atoms with Crippen LogP contribution in [0.4, 0.5) is 5.69 Å². The topological polar surface area (TPSA) is 46.9 Å². The van der Waals surface area contributed by atoms with Crippen molar-refractivity contribution < 1.29 is 0 Å². The molecule has 0 amide bonds. The Morgan fingerprint density at radius 3 is 3.07 bits per heavy atom. The van der Waals surface area contributed by atoms with Gasteiger partial charge < -0.3 is 5.32 Å². The SMILES string of the molecule is C=C(Cl)CNc1cnn(C)c(=O)c1Br. The summed E-state index contributed by atoms with van der Waals surface area (Å²) >= 11 is 8.75. The van der Waals surface area contributed by atoms with Crippen LogP contribution in [0.1, 0.15) is 0 Å². The quantitative estimate of drug-likeness (QED) is 0.915. The first-order valence-corrected chi connectivity index (χ1v) is 4.98. The minimum Gasteiger partial charge on any atom is -0.378 e. The van der Waals surface area contributed by atoms with Crippen LogP contribution in [0, 0.1) is 0 Å². The van der Waals surface area contributed by atoms with Crippen molar-refractivity contribution in [3.8, 4) is 0 Å². The zero-order valence-electron chi connectivity index (χ0n) is 7.55. The first-order chi connectivity index (χ1) is 6.52. The van der Waals surface area contributed by atoms with Crippen molar-refractivity contribution in [3.05, 3.63) is 32.6 Å². The number of nitrogens with one attached hydrogen (secondary N) is 1. The third kappa shape index (κ3) is 2.59. The third-order valence-electron chi connectivity index (χ3n) is 1.55. The van der Waals surface area contributed by atoms with Gasteiger partial charge in [0.2, 0.25) is 0 Å². The van der Waals surface area contributed by atoms with Crippen LogP contribution in [0.5, 0.6) is 0 Å². The predicted molar refractivity (Wildman–Crippen MR) is 60.7 cm³/mol. The number of anilines is 1. The first-order valence-electron chi connectivity index (χ1n) is 3.81. The van der Waals surface area contributed by atoms with Gasteiger partial charge in [0.05, 0.1) is 18.4 Å². The number of rotatable bonds is 3. The molecule has 1 rings (SSSR count). The Bertz CT molecular complexity index is 416. The molecule has 0 fully saturated rings. The summed E-state index contributed by atoms with van der Waals surface area (Å²) < 4.78 is 1.68. The first kappa shape index (κ1) is 11.3. The number of nitrogens with zero attached hydrogens (tertiary/aromatic N) is 2. The van der Waals surface area contributed by atoms with Crippen molar-refractivity contribution >= 4 is 33.2 Å². The lowest BCUT2D eigenvalue weighted by atomic mass is 10.4. The fourth-order valence-corrected chi connectivity index (χ4v) is 1.39. The average molecular weight is 279 g/mol. The Kier molecular flexibility index (Phi) is 3.71. The maximum Gasteiger partial charge on any atom is 0.282 e. The summed E-state index contributed by atoms with van der Waals surface area (Å²) in [7, 11) is 1.58. The molecule has 14 heavy (non-hydrogen) atoms. The van der Waals surface area contributed by atoms with Crippen LogP contribution in [-0.4, -0.2) is 16.3 Å². The highest BCUT2D eigenvalue weighted by Crippen LogP contribution is 2.16. The van der Waals surface area contributed by atoms with Gasteiger partial charge in [-0.1, -0.05) is 18.2 Å². The fraction of sp³-hybridized carbons (Fsp3) is 0.250. The van der Waals surface area contributed by atoms with Gasteiger partial charge in [-0.15, -0.1) is 0 Å². The molecular weight excluding hydrogens is 269 g/mol. The summed E-state index contributed by atoms with van der Waals surface area (Å²) in [4.78, 5) is 11.4. The van der Waals surface area contributed by atoms with Crippen LogP contribution in [0.2, 0.25) is 0 Å². The molecule has 0 aliphatic rings. The van der Waals surface area contributed by atoms with Crippen molar-refractivity contribution in [1.82, 2.24) is 9.78 Å². The molecule has 0 spiro atoms. The standard InChI is InChI=1S/C8H9BrClN3O/c1-5(10)3-11-6-4-12-13(2)8(14)7(6)9/h4,11H,1,3H2,2H3. The van der Waals surface area contributed by atoms with Gasteiger partial charge in [-0.25, -0.2) is 4.68 Å². The Hall–Kier alpha value is -0.810. The van der Waals surface area contributed by atoms with Crippen LogP contribution in [0.25, 0.3) is 0 Å². The van der Waals surface area contributed by atoms with E-state index in [1.165, 1.54) is 4.68 Å². The highest BCUT2D eigenvalue weighted by molar-refractivity contribution is 9.10. The van der Waals surface area contributed by atoms with Gasteiger partial charge in [-0.3, -0.25) is 4.79 Å². The van der Waals surface area contributed by atoms with Crippen LogP contribution >= 0.6 is 27.5 Å². The molecule has 0 saturated carbocycles. The molecular formula is C8H9BrClN3O. The van der Waals surface area contributed by atoms with Gasteiger partial charge in [0.25, 0.3) is 5.56 Å². The number of halogens is 2. The molecule has 0 radical (unpaired) electrons. The molecule has 0 saturated heterocycles. The van der Waals surface area contributed by atoms with Crippen molar-refractivity contribution in [2.24, 2.45) is 7.05 Å². The van der Waals surface area contributed by atoms with Gasteiger partial charge in [-0.05, 0) is 15.9 Å². The number of aromatic nitrogens is 2. The zero-order chi connectivity index (χ0) is 10.7. The third-order valence-corrected chi connectivity index (χ3v) is 2.45. The lowest BCUT2D eigenvalue weighted by Gasteiger charge is -2.07. The second-order valence-electron chi connectivity index (χ2n) is 2.67. The van der Waals surface area contributed by atoms with E-state index in [4.69, 9.17) is 11.6 Å². The fourth-order valence-electron chi connectivity index (χ4n) is 0.825. The van der Waals surface area contributed by atoms with Crippen LogP contribution in [0.15, 0.2) is 27.1 Å². The summed E-state index contributed by atoms with van der Waals surface area (Å²) in [5, 5.41) is 7.25. The number of hydrogen-bond acceptors (Lipinski definition) is 3. The lowest BCUT2D eigenvalue weighted by Crippen LogP contribution is -2.21. The van der Waals surface area contributed by atoms with E-state index in [0.717, 1.165) is 0 Å². The molecule has 1 N–H and O–H groups in total. The molecule has 4 nitrogen and oxygen atoms in total. The normalized spacial score (nSPS) is 9.93. The number of aryl methyl sites for hydroxylation is 1. The summed E-state index contributed by atoms with van der Waals surface area (Å²) in [6.07, 6.45) is 1.55. The second kappa shape index (κ2) is 4.61. The molecule has 1 heterocycles. The summed E-state index contributed by atoms with van der Waals surface area (Å²) in [6.45, 7) is 3.92. The molecule has 0 aromatic carbocycles. The minimum absolute atomic E-state index is 0.199. The summed E-state index contributed by atoms with van der Waals surface area (Å²) in [5.41, 5.74) is 0.407. The van der Waals surface area contributed by atoms with Crippen LogP contribution < -0.4 is 10.9 Å². The molecule has 0 atom stereocenters. The van der Waals surface area contributed by atoms with E-state index < -0.39 is 0 Å². The highest BCUT2D eigenvalue weighted by atomic mass is 79.9. The lowest BCUT2D eigenvalue weighted by molar-refractivity contribution is 0.703. The Morgan fingerprint density at radius 2 is 2.50 bits per heavy atom. The second-order valence-corrected chi connectivity index (χ2v) is 4.00. The Morgan fingerprint density at radius 1 is 1.86 bits per heavy atom. The van der Waals surface area contributed by atoms with Crippen molar-refractivity contribution in [2.75, 3.05) is 11.9 Å². The van der Waals surface area contributed by atoms with Gasteiger partial charge in [0.1, 0.15) is 4.47 Å². The van der Waals surface area contributed by atoms with E-state index in [2.05, 4.69) is 32.9 Å². The molecule has 1 aromatic rings. The molecule has 0 unspecified atom stereocenters. The van der Waals surface area contributed by atoms with Gasteiger partial charge in [0, 0.05) is 12.1 Å². The van der Waals surface area contributed by atoms with Crippen LogP contribution in [-0.2, 0) is 7.05 Å². The smallest absolute Gasteiger partial charge is 0.282 e.